The molecule has 1 saturated heterocycles. The Hall–Kier alpha value is -1.44. The third-order valence-corrected chi connectivity index (χ3v) is 6.84. The molecule has 7 heteroatoms. The lowest BCUT2D eigenvalue weighted by Crippen LogP contribution is -2.49. The van der Waals surface area contributed by atoms with Crippen LogP contribution in [0.15, 0.2) is 18.2 Å². The van der Waals surface area contributed by atoms with Crippen molar-refractivity contribution in [2.45, 2.75) is 39.7 Å². The van der Waals surface area contributed by atoms with E-state index in [0.717, 1.165) is 5.56 Å². The molecule has 0 aliphatic carbocycles. The van der Waals surface area contributed by atoms with E-state index in [1.807, 2.05) is 13.0 Å². The van der Waals surface area contributed by atoms with Crippen LogP contribution in [0.3, 0.4) is 0 Å². The number of hydrogen-bond acceptors (Lipinski definition) is 3. The first kappa shape index (κ1) is 19.9. The molecule has 1 heterocycles. The van der Waals surface area contributed by atoms with E-state index in [-0.39, 0.29) is 24.4 Å². The van der Waals surface area contributed by atoms with Crippen molar-refractivity contribution in [3.05, 3.63) is 34.9 Å². The van der Waals surface area contributed by atoms with Gasteiger partial charge in [-0.1, -0.05) is 18.2 Å². The van der Waals surface area contributed by atoms with Gasteiger partial charge < -0.3 is 5.32 Å². The number of amides is 1. The van der Waals surface area contributed by atoms with Gasteiger partial charge >= 0.3 is 0 Å². The van der Waals surface area contributed by atoms with Crippen LogP contribution < -0.4 is 5.32 Å². The smallest absolute Gasteiger partial charge is 0.281 e. The van der Waals surface area contributed by atoms with E-state index in [4.69, 9.17) is 0 Å². The number of rotatable bonds is 5. The zero-order valence-electron chi connectivity index (χ0n) is 15.7. The molecule has 0 spiro atoms. The number of piperidine rings is 1. The molecule has 2 atom stereocenters. The van der Waals surface area contributed by atoms with Crippen LogP contribution >= 0.6 is 0 Å². The second kappa shape index (κ2) is 7.85. The highest BCUT2D eigenvalue weighted by atomic mass is 32.2. The van der Waals surface area contributed by atoms with Gasteiger partial charge in [0.25, 0.3) is 10.2 Å². The number of aryl methyl sites for hydroxylation is 2. The van der Waals surface area contributed by atoms with Gasteiger partial charge in [-0.3, -0.25) is 4.79 Å². The van der Waals surface area contributed by atoms with E-state index < -0.39 is 10.2 Å². The minimum Gasteiger partial charge on any atom is -0.349 e. The number of carbonyl (C=O) groups excluding carboxylic acids is 1. The summed E-state index contributed by atoms with van der Waals surface area (Å²) in [5.41, 5.74) is 3.48. The molecule has 140 valence electrons. The minimum atomic E-state index is -3.47. The van der Waals surface area contributed by atoms with Crippen LogP contribution in [0.1, 0.15) is 42.5 Å². The Morgan fingerprint density at radius 1 is 1.28 bits per heavy atom. The Morgan fingerprint density at radius 2 is 1.96 bits per heavy atom. The fraction of sp³-hybridized carbons (Fsp3) is 0.611. The van der Waals surface area contributed by atoms with Crippen molar-refractivity contribution in [3.63, 3.8) is 0 Å². The number of nitrogens with one attached hydrogen (secondary N) is 1. The molecule has 0 saturated carbocycles. The normalized spacial score (nSPS) is 20.5. The maximum atomic E-state index is 12.6. The summed E-state index contributed by atoms with van der Waals surface area (Å²) in [6.45, 7) is 6.78. The van der Waals surface area contributed by atoms with Crippen molar-refractivity contribution in [3.8, 4) is 0 Å². The summed E-state index contributed by atoms with van der Waals surface area (Å²) in [7, 11) is -0.441. The Balaban J connectivity index is 2.03. The fourth-order valence-corrected chi connectivity index (χ4v) is 4.24. The maximum Gasteiger partial charge on any atom is 0.281 e. The standard InChI is InChI=1S/C18H29N3O3S/c1-13-8-9-16(11-14(13)2)15(3)19-18(22)17-7-6-10-21(12-17)25(23,24)20(4)5/h8-9,11,15,17H,6-7,10,12H2,1-5H3,(H,19,22). The lowest BCUT2D eigenvalue weighted by atomic mass is 9.97. The molecule has 2 unspecified atom stereocenters. The topological polar surface area (TPSA) is 69.7 Å². The van der Waals surface area contributed by atoms with Crippen molar-refractivity contribution in [2.75, 3.05) is 27.2 Å². The van der Waals surface area contributed by atoms with E-state index in [1.165, 1.54) is 33.8 Å². The first-order chi connectivity index (χ1) is 11.6. The molecule has 1 aromatic carbocycles. The third-order valence-electron chi connectivity index (χ3n) is 4.93. The fourth-order valence-electron chi connectivity index (χ4n) is 3.05. The summed E-state index contributed by atoms with van der Waals surface area (Å²) >= 11 is 0. The van der Waals surface area contributed by atoms with E-state index in [2.05, 4.69) is 31.3 Å². The molecule has 1 amide bonds. The molecule has 6 nitrogen and oxygen atoms in total. The molecule has 1 aliphatic heterocycles. The molecule has 25 heavy (non-hydrogen) atoms. The number of carbonyl (C=O) groups is 1. The summed E-state index contributed by atoms with van der Waals surface area (Å²) < 4.78 is 27.2. The highest BCUT2D eigenvalue weighted by molar-refractivity contribution is 7.86. The average molecular weight is 368 g/mol. The molecule has 0 aromatic heterocycles. The van der Waals surface area contributed by atoms with Crippen LogP contribution in [0, 0.1) is 19.8 Å². The molecule has 1 aromatic rings. The highest BCUT2D eigenvalue weighted by Gasteiger charge is 2.33. The largest absolute Gasteiger partial charge is 0.349 e. The minimum absolute atomic E-state index is 0.0793. The van der Waals surface area contributed by atoms with E-state index in [9.17, 15) is 13.2 Å². The Kier molecular flexibility index (Phi) is 6.24. The lowest BCUT2D eigenvalue weighted by molar-refractivity contribution is -0.126. The molecule has 1 aliphatic rings. The summed E-state index contributed by atoms with van der Waals surface area (Å²) in [6.07, 6.45) is 1.41. The second-order valence-electron chi connectivity index (χ2n) is 7.06. The first-order valence-corrected chi connectivity index (χ1v) is 10.1. The summed E-state index contributed by atoms with van der Waals surface area (Å²) in [5, 5.41) is 3.04. The predicted molar refractivity (Wildman–Crippen MR) is 99.4 cm³/mol. The summed E-state index contributed by atoms with van der Waals surface area (Å²) in [5.74, 6) is -0.387. The van der Waals surface area contributed by atoms with Crippen LogP contribution in [-0.4, -0.2) is 50.1 Å². The van der Waals surface area contributed by atoms with Gasteiger partial charge in [0.1, 0.15) is 0 Å². The predicted octanol–water partition coefficient (Wildman–Crippen LogP) is 2.00. The third kappa shape index (κ3) is 4.59. The van der Waals surface area contributed by atoms with Crippen LogP contribution in [0.25, 0.3) is 0 Å². The van der Waals surface area contributed by atoms with Crippen LogP contribution in [0.2, 0.25) is 0 Å². The van der Waals surface area contributed by atoms with Crippen molar-refractivity contribution < 1.29 is 13.2 Å². The molecule has 1 N–H and O–H groups in total. The van der Waals surface area contributed by atoms with E-state index in [0.29, 0.717) is 19.4 Å². The zero-order valence-corrected chi connectivity index (χ0v) is 16.6. The van der Waals surface area contributed by atoms with E-state index >= 15 is 0 Å². The lowest BCUT2D eigenvalue weighted by Gasteiger charge is -2.33. The Labute approximate surface area is 151 Å². The van der Waals surface area contributed by atoms with Crippen LogP contribution in [0.4, 0.5) is 0 Å². The van der Waals surface area contributed by atoms with E-state index in [1.54, 1.807) is 0 Å². The Bertz CT molecular complexity index is 731. The second-order valence-corrected chi connectivity index (χ2v) is 9.20. The Morgan fingerprint density at radius 3 is 2.56 bits per heavy atom. The number of nitrogens with zero attached hydrogens (tertiary/aromatic N) is 2. The first-order valence-electron chi connectivity index (χ1n) is 8.68. The highest BCUT2D eigenvalue weighted by Crippen LogP contribution is 2.22. The molecular weight excluding hydrogens is 338 g/mol. The molecule has 2 rings (SSSR count). The number of hydrogen-bond donors (Lipinski definition) is 1. The van der Waals surface area contributed by atoms with Crippen LogP contribution in [-0.2, 0) is 15.0 Å². The van der Waals surface area contributed by atoms with Gasteiger partial charge in [-0.25, -0.2) is 0 Å². The SMILES string of the molecule is Cc1ccc(C(C)NC(=O)C2CCCN(S(=O)(=O)N(C)C)C2)cc1C. The monoisotopic (exact) mass is 367 g/mol. The van der Waals surface area contributed by atoms with Gasteiger partial charge in [-0.2, -0.15) is 17.0 Å². The average Bonchev–Trinajstić information content (AvgIpc) is 2.57. The summed E-state index contributed by atoms with van der Waals surface area (Å²) in [6, 6.07) is 6.06. The molecule has 1 fully saturated rings. The van der Waals surface area contributed by atoms with Crippen molar-refractivity contribution >= 4 is 16.1 Å². The quantitative estimate of drug-likeness (QED) is 0.865. The van der Waals surface area contributed by atoms with Crippen molar-refractivity contribution in [1.29, 1.82) is 0 Å². The van der Waals surface area contributed by atoms with Crippen molar-refractivity contribution in [1.82, 2.24) is 13.9 Å². The van der Waals surface area contributed by atoms with Crippen molar-refractivity contribution in [2.24, 2.45) is 5.92 Å². The van der Waals surface area contributed by atoms with Crippen LogP contribution in [0.5, 0.6) is 0 Å². The molecular formula is C18H29N3O3S. The van der Waals surface area contributed by atoms with Gasteiger partial charge in [0, 0.05) is 27.2 Å². The summed E-state index contributed by atoms with van der Waals surface area (Å²) in [4.78, 5) is 12.6. The maximum absolute atomic E-state index is 12.6. The molecule has 0 bridgehead atoms. The van der Waals surface area contributed by atoms with Gasteiger partial charge in [0.15, 0.2) is 0 Å². The van der Waals surface area contributed by atoms with Gasteiger partial charge in [0.05, 0.1) is 12.0 Å². The molecule has 0 radical (unpaired) electrons. The van der Waals surface area contributed by atoms with Gasteiger partial charge in [-0.15, -0.1) is 0 Å². The number of benzene rings is 1. The van der Waals surface area contributed by atoms with Gasteiger partial charge in [-0.05, 0) is 50.3 Å². The zero-order chi connectivity index (χ0) is 18.8. The van der Waals surface area contributed by atoms with Gasteiger partial charge in [0.2, 0.25) is 5.91 Å².